The Bertz CT molecular complexity index is 1100. The molecule has 6 nitrogen and oxygen atoms in total. The maximum Gasteiger partial charge on any atom is 0.344 e. The van der Waals surface area contributed by atoms with Crippen LogP contribution in [0.4, 0.5) is 0 Å². The van der Waals surface area contributed by atoms with Gasteiger partial charge in [-0.25, -0.2) is 4.79 Å². The number of methoxy groups -OCH3 is 2. The molecule has 1 fully saturated rings. The molecular weight excluding hydrogens is 382 g/mol. The first kappa shape index (κ1) is 20.3. The van der Waals surface area contributed by atoms with Crippen LogP contribution in [0, 0.1) is 0 Å². The minimum absolute atomic E-state index is 0.178. The fourth-order valence-electron chi connectivity index (χ4n) is 4.27. The van der Waals surface area contributed by atoms with Crippen molar-refractivity contribution < 1.29 is 23.9 Å². The Balaban J connectivity index is 1.78. The summed E-state index contributed by atoms with van der Waals surface area (Å²) in [5.74, 6) is 1.36. The van der Waals surface area contributed by atoms with Gasteiger partial charge in [-0.3, -0.25) is 0 Å². The van der Waals surface area contributed by atoms with Gasteiger partial charge in [-0.1, -0.05) is 0 Å². The van der Waals surface area contributed by atoms with Crippen LogP contribution >= 0.6 is 0 Å². The number of ether oxygens (including phenoxy) is 2. The molecular formula is C24H28NO5+. The van der Waals surface area contributed by atoms with Gasteiger partial charge in [0.1, 0.15) is 23.8 Å². The molecule has 0 aliphatic carbocycles. The highest BCUT2D eigenvalue weighted by Gasteiger charge is 2.21. The minimum atomic E-state index is -0.455. The summed E-state index contributed by atoms with van der Waals surface area (Å²) in [5.41, 5.74) is 1.77. The standard InChI is InChI=1S/C24H27NO5/c1-28-17-8-9-18(22(14-17)29-2)19-13-16-7-10-21(26)20(23(16)30-24(19)27)15-25-11-5-3-4-6-12-25/h7-10,13-14,26H,3-6,11-12,15H2,1-2H3/p+1. The second-order valence-corrected chi connectivity index (χ2v) is 7.84. The van der Waals surface area contributed by atoms with E-state index in [1.54, 1.807) is 44.6 Å². The number of phenols is 1. The number of quaternary nitrogens is 1. The van der Waals surface area contributed by atoms with Crippen LogP contribution in [0.2, 0.25) is 0 Å². The predicted molar refractivity (Wildman–Crippen MR) is 116 cm³/mol. The molecule has 2 aromatic carbocycles. The monoisotopic (exact) mass is 410 g/mol. The smallest absolute Gasteiger partial charge is 0.344 e. The van der Waals surface area contributed by atoms with Crippen molar-refractivity contribution in [1.29, 1.82) is 0 Å². The van der Waals surface area contributed by atoms with Gasteiger partial charge in [-0.15, -0.1) is 0 Å². The summed E-state index contributed by atoms with van der Waals surface area (Å²) in [7, 11) is 3.14. The Morgan fingerprint density at radius 2 is 1.73 bits per heavy atom. The summed E-state index contributed by atoms with van der Waals surface area (Å²) in [6.45, 7) is 2.79. The van der Waals surface area contributed by atoms with Gasteiger partial charge >= 0.3 is 5.63 Å². The van der Waals surface area contributed by atoms with Gasteiger partial charge in [0, 0.05) is 17.0 Å². The van der Waals surface area contributed by atoms with Crippen LogP contribution in [0.25, 0.3) is 22.1 Å². The Morgan fingerprint density at radius 3 is 2.43 bits per heavy atom. The molecule has 4 rings (SSSR count). The van der Waals surface area contributed by atoms with Crippen molar-refractivity contribution in [2.45, 2.75) is 32.2 Å². The Hall–Kier alpha value is -2.99. The van der Waals surface area contributed by atoms with E-state index in [0.29, 0.717) is 40.3 Å². The molecule has 0 unspecified atom stereocenters. The highest BCUT2D eigenvalue weighted by Crippen LogP contribution is 2.34. The van der Waals surface area contributed by atoms with Crippen molar-refractivity contribution in [3.05, 3.63) is 52.4 Å². The number of nitrogens with one attached hydrogen (secondary N) is 1. The molecule has 0 bridgehead atoms. The Labute approximate surface area is 175 Å². The average molecular weight is 410 g/mol. The van der Waals surface area contributed by atoms with Gasteiger partial charge in [-0.05, 0) is 56.0 Å². The molecule has 1 aliphatic rings. The van der Waals surface area contributed by atoms with Crippen molar-refractivity contribution in [1.82, 2.24) is 0 Å². The lowest BCUT2D eigenvalue weighted by molar-refractivity contribution is -0.913. The lowest BCUT2D eigenvalue weighted by atomic mass is 10.0. The SMILES string of the molecule is COc1ccc(-c2cc3ccc(O)c(C[NH+]4CCCCCC4)c3oc2=O)c(OC)c1. The molecule has 0 saturated carbocycles. The first-order valence-corrected chi connectivity index (χ1v) is 10.5. The third-order valence-electron chi connectivity index (χ3n) is 5.92. The molecule has 0 atom stereocenters. The fraction of sp³-hybridized carbons (Fsp3) is 0.375. The van der Waals surface area contributed by atoms with E-state index in [9.17, 15) is 9.90 Å². The normalized spacial score (nSPS) is 15.1. The summed E-state index contributed by atoms with van der Waals surface area (Å²) >= 11 is 0. The van der Waals surface area contributed by atoms with E-state index < -0.39 is 5.63 Å². The third-order valence-corrected chi connectivity index (χ3v) is 5.92. The van der Waals surface area contributed by atoms with Crippen LogP contribution in [0.3, 0.4) is 0 Å². The Kier molecular flexibility index (Phi) is 5.95. The number of aromatic hydroxyl groups is 1. The van der Waals surface area contributed by atoms with Gasteiger partial charge in [-0.2, -0.15) is 0 Å². The van der Waals surface area contributed by atoms with Crippen molar-refractivity contribution in [3.63, 3.8) is 0 Å². The van der Waals surface area contributed by atoms with Crippen LogP contribution in [0.15, 0.2) is 45.6 Å². The third kappa shape index (κ3) is 4.00. The number of fused-ring (bicyclic) bond motifs is 1. The largest absolute Gasteiger partial charge is 0.507 e. The first-order valence-electron chi connectivity index (χ1n) is 10.5. The van der Waals surface area contributed by atoms with E-state index in [2.05, 4.69) is 0 Å². The van der Waals surface area contributed by atoms with E-state index in [0.717, 1.165) is 18.5 Å². The lowest BCUT2D eigenvalue weighted by Gasteiger charge is -2.18. The quantitative estimate of drug-likeness (QED) is 0.632. The van der Waals surface area contributed by atoms with E-state index in [-0.39, 0.29) is 5.75 Å². The lowest BCUT2D eigenvalue weighted by Crippen LogP contribution is -3.10. The maximum atomic E-state index is 12.9. The van der Waals surface area contributed by atoms with Crippen molar-refractivity contribution >= 4 is 11.0 Å². The average Bonchev–Trinajstić information content (AvgIpc) is 3.04. The van der Waals surface area contributed by atoms with Crippen LogP contribution in [0.1, 0.15) is 31.2 Å². The molecule has 0 amide bonds. The summed E-state index contributed by atoms with van der Waals surface area (Å²) in [6.07, 6.45) is 4.89. The number of hydrogen-bond donors (Lipinski definition) is 2. The van der Waals surface area contributed by atoms with Crippen LogP contribution in [-0.2, 0) is 6.54 Å². The topological polar surface area (TPSA) is 73.3 Å². The number of phenolic OH excluding ortho intramolecular Hbond substituents is 1. The summed E-state index contributed by atoms with van der Waals surface area (Å²) in [6, 6.07) is 10.6. The predicted octanol–water partition coefficient (Wildman–Crippen LogP) is 3.14. The molecule has 0 spiro atoms. The minimum Gasteiger partial charge on any atom is -0.507 e. The number of likely N-dealkylation sites (tertiary alicyclic amines) is 1. The van der Waals surface area contributed by atoms with Crippen molar-refractivity contribution in [2.75, 3.05) is 27.3 Å². The molecule has 158 valence electrons. The second-order valence-electron chi connectivity index (χ2n) is 7.84. The van der Waals surface area contributed by atoms with E-state index in [1.807, 2.05) is 6.07 Å². The molecule has 1 aromatic heterocycles. The van der Waals surface area contributed by atoms with E-state index in [1.165, 1.54) is 30.6 Å². The molecule has 2 heterocycles. The molecule has 2 N–H and O–H groups in total. The summed E-state index contributed by atoms with van der Waals surface area (Å²) in [5, 5.41) is 11.3. The van der Waals surface area contributed by atoms with Crippen molar-refractivity contribution in [2.24, 2.45) is 0 Å². The number of hydrogen-bond acceptors (Lipinski definition) is 5. The molecule has 1 aliphatic heterocycles. The first-order chi connectivity index (χ1) is 14.6. The Morgan fingerprint density at radius 1 is 0.967 bits per heavy atom. The summed E-state index contributed by atoms with van der Waals surface area (Å²) < 4.78 is 16.5. The highest BCUT2D eigenvalue weighted by molar-refractivity contribution is 5.86. The van der Waals surface area contributed by atoms with E-state index >= 15 is 0 Å². The fourth-order valence-corrected chi connectivity index (χ4v) is 4.27. The van der Waals surface area contributed by atoms with Gasteiger partial charge in [0.15, 0.2) is 5.58 Å². The van der Waals surface area contributed by atoms with Crippen LogP contribution in [0.5, 0.6) is 17.2 Å². The van der Waals surface area contributed by atoms with Crippen LogP contribution in [-0.4, -0.2) is 32.4 Å². The zero-order valence-corrected chi connectivity index (χ0v) is 17.5. The van der Waals surface area contributed by atoms with Gasteiger partial charge in [0.05, 0.1) is 38.4 Å². The molecule has 30 heavy (non-hydrogen) atoms. The second kappa shape index (κ2) is 8.79. The molecule has 3 aromatic rings. The van der Waals surface area contributed by atoms with Crippen molar-refractivity contribution in [3.8, 4) is 28.4 Å². The summed E-state index contributed by atoms with van der Waals surface area (Å²) in [4.78, 5) is 14.3. The van der Waals surface area contributed by atoms with E-state index in [4.69, 9.17) is 13.9 Å². The number of rotatable bonds is 5. The van der Waals surface area contributed by atoms with Crippen LogP contribution < -0.4 is 20.0 Å². The zero-order valence-electron chi connectivity index (χ0n) is 17.5. The zero-order chi connectivity index (χ0) is 21.1. The molecule has 1 saturated heterocycles. The highest BCUT2D eigenvalue weighted by atomic mass is 16.5. The van der Waals surface area contributed by atoms with Gasteiger partial charge in [0.2, 0.25) is 0 Å². The van der Waals surface area contributed by atoms with Gasteiger partial charge in [0.25, 0.3) is 0 Å². The maximum absolute atomic E-state index is 12.9. The number of benzene rings is 2. The van der Waals surface area contributed by atoms with Gasteiger partial charge < -0.3 is 23.9 Å². The molecule has 0 radical (unpaired) electrons. The molecule has 6 heteroatoms.